The fourth-order valence-corrected chi connectivity index (χ4v) is 3.50. The number of benzene rings is 1. The third-order valence-corrected chi connectivity index (χ3v) is 4.91. The van der Waals surface area contributed by atoms with E-state index in [1.54, 1.807) is 0 Å². The summed E-state index contributed by atoms with van der Waals surface area (Å²) in [5.74, 6) is 0. The highest BCUT2D eigenvalue weighted by molar-refractivity contribution is 6.31. The van der Waals surface area contributed by atoms with E-state index in [-0.39, 0.29) is 0 Å². The van der Waals surface area contributed by atoms with Crippen LogP contribution in [0.2, 0.25) is 5.02 Å². The zero-order valence-electron chi connectivity index (χ0n) is 13.4. The lowest BCUT2D eigenvalue weighted by molar-refractivity contribution is 0.153. The second-order valence-electron chi connectivity index (χ2n) is 6.20. The average Bonchev–Trinajstić information content (AvgIpc) is 2.50. The Labute approximate surface area is 134 Å². The standard InChI is InChI=1S/C18H29ClN2/c1-3-12-20-18(16-9-4-5-10-17(16)19)11-14-21-13-7-6-8-15(21)2/h4-5,9-10,15,18,20H,3,6-8,11-14H2,1-2H3. The van der Waals surface area contributed by atoms with Gasteiger partial charge in [-0.1, -0.05) is 43.1 Å². The number of nitrogens with zero attached hydrogens (tertiary/aromatic N) is 1. The molecule has 2 atom stereocenters. The molecule has 1 fully saturated rings. The molecule has 0 bridgehead atoms. The molecule has 2 rings (SSSR count). The van der Waals surface area contributed by atoms with E-state index in [1.807, 2.05) is 12.1 Å². The molecule has 0 saturated carbocycles. The van der Waals surface area contributed by atoms with Crippen LogP contribution in [0.4, 0.5) is 0 Å². The lowest BCUT2D eigenvalue weighted by Gasteiger charge is -2.34. The van der Waals surface area contributed by atoms with Crippen LogP contribution in [0.15, 0.2) is 24.3 Å². The number of piperidine rings is 1. The fourth-order valence-electron chi connectivity index (χ4n) is 3.23. The van der Waals surface area contributed by atoms with Gasteiger partial charge in [-0.2, -0.15) is 0 Å². The van der Waals surface area contributed by atoms with E-state index in [1.165, 1.54) is 31.4 Å². The van der Waals surface area contributed by atoms with Gasteiger partial charge in [-0.05, 0) is 57.3 Å². The van der Waals surface area contributed by atoms with Crippen molar-refractivity contribution in [3.05, 3.63) is 34.9 Å². The molecule has 1 aromatic carbocycles. The molecule has 2 unspecified atom stereocenters. The Balaban J connectivity index is 1.97. The van der Waals surface area contributed by atoms with Crippen LogP contribution in [0.25, 0.3) is 0 Å². The van der Waals surface area contributed by atoms with Gasteiger partial charge in [-0.3, -0.25) is 0 Å². The second-order valence-corrected chi connectivity index (χ2v) is 6.60. The summed E-state index contributed by atoms with van der Waals surface area (Å²) >= 11 is 6.39. The van der Waals surface area contributed by atoms with Crippen LogP contribution in [0.1, 0.15) is 57.6 Å². The normalized spacial score (nSPS) is 21.4. The lowest BCUT2D eigenvalue weighted by Crippen LogP contribution is -2.39. The average molecular weight is 309 g/mol. The molecule has 21 heavy (non-hydrogen) atoms. The van der Waals surface area contributed by atoms with E-state index in [9.17, 15) is 0 Å². The van der Waals surface area contributed by atoms with Gasteiger partial charge in [0, 0.05) is 23.7 Å². The Hall–Kier alpha value is -0.570. The number of rotatable bonds is 7. The SMILES string of the molecule is CCCNC(CCN1CCCCC1C)c1ccccc1Cl. The Morgan fingerprint density at radius 2 is 2.14 bits per heavy atom. The summed E-state index contributed by atoms with van der Waals surface area (Å²) in [6.45, 7) is 8.04. The molecule has 0 radical (unpaired) electrons. The summed E-state index contributed by atoms with van der Waals surface area (Å²) in [6, 6.07) is 9.36. The maximum Gasteiger partial charge on any atom is 0.0453 e. The first-order valence-electron chi connectivity index (χ1n) is 8.44. The molecule has 3 heteroatoms. The molecule has 0 amide bonds. The summed E-state index contributed by atoms with van der Waals surface area (Å²) < 4.78 is 0. The van der Waals surface area contributed by atoms with Crippen LogP contribution in [0.3, 0.4) is 0 Å². The van der Waals surface area contributed by atoms with Gasteiger partial charge in [0.2, 0.25) is 0 Å². The molecule has 1 aliphatic heterocycles. The van der Waals surface area contributed by atoms with Crippen molar-refractivity contribution in [3.8, 4) is 0 Å². The molecule has 0 aliphatic carbocycles. The minimum Gasteiger partial charge on any atom is -0.310 e. The van der Waals surface area contributed by atoms with E-state index >= 15 is 0 Å². The predicted octanol–water partition coefficient (Wildman–Crippen LogP) is 4.65. The summed E-state index contributed by atoms with van der Waals surface area (Å²) in [5, 5.41) is 4.56. The van der Waals surface area contributed by atoms with Crippen molar-refractivity contribution in [2.24, 2.45) is 0 Å². The van der Waals surface area contributed by atoms with Gasteiger partial charge in [0.05, 0.1) is 0 Å². The Kier molecular flexibility index (Phi) is 7.01. The number of likely N-dealkylation sites (tertiary alicyclic amines) is 1. The van der Waals surface area contributed by atoms with E-state index in [0.717, 1.165) is 37.0 Å². The zero-order valence-corrected chi connectivity index (χ0v) is 14.2. The van der Waals surface area contributed by atoms with Crippen LogP contribution in [-0.2, 0) is 0 Å². The summed E-state index contributed by atoms with van der Waals surface area (Å²) in [7, 11) is 0. The van der Waals surface area contributed by atoms with Gasteiger partial charge in [0.25, 0.3) is 0 Å². The molecule has 1 saturated heterocycles. The van der Waals surface area contributed by atoms with Crippen LogP contribution in [-0.4, -0.2) is 30.6 Å². The van der Waals surface area contributed by atoms with E-state index in [2.05, 4.69) is 36.2 Å². The van der Waals surface area contributed by atoms with Gasteiger partial charge < -0.3 is 10.2 Å². The number of halogens is 1. The highest BCUT2D eigenvalue weighted by Gasteiger charge is 2.20. The van der Waals surface area contributed by atoms with Gasteiger partial charge in [0.1, 0.15) is 0 Å². The topological polar surface area (TPSA) is 15.3 Å². The Morgan fingerprint density at radius 1 is 1.33 bits per heavy atom. The molecule has 0 spiro atoms. The first kappa shape index (κ1) is 16.8. The molecular weight excluding hydrogens is 280 g/mol. The quantitative estimate of drug-likeness (QED) is 0.789. The monoisotopic (exact) mass is 308 g/mol. The fraction of sp³-hybridized carbons (Fsp3) is 0.667. The first-order valence-corrected chi connectivity index (χ1v) is 8.82. The van der Waals surface area contributed by atoms with Crippen LogP contribution < -0.4 is 5.32 Å². The maximum absolute atomic E-state index is 6.39. The molecule has 1 aromatic rings. The van der Waals surface area contributed by atoms with Crippen molar-refractivity contribution in [3.63, 3.8) is 0 Å². The van der Waals surface area contributed by atoms with E-state index < -0.39 is 0 Å². The maximum atomic E-state index is 6.39. The van der Waals surface area contributed by atoms with Gasteiger partial charge in [-0.25, -0.2) is 0 Å². The second kappa shape index (κ2) is 8.77. The molecule has 1 heterocycles. The molecule has 1 aliphatic rings. The van der Waals surface area contributed by atoms with E-state index in [0.29, 0.717) is 6.04 Å². The van der Waals surface area contributed by atoms with Crippen LogP contribution in [0.5, 0.6) is 0 Å². The Morgan fingerprint density at radius 3 is 2.86 bits per heavy atom. The molecule has 2 nitrogen and oxygen atoms in total. The summed E-state index contributed by atoms with van der Waals surface area (Å²) in [6.07, 6.45) is 6.37. The van der Waals surface area contributed by atoms with Crippen molar-refractivity contribution in [2.75, 3.05) is 19.6 Å². The van der Waals surface area contributed by atoms with Crippen molar-refractivity contribution in [2.45, 2.75) is 58.0 Å². The number of hydrogen-bond acceptors (Lipinski definition) is 2. The molecular formula is C18H29ClN2. The smallest absolute Gasteiger partial charge is 0.0453 e. The van der Waals surface area contributed by atoms with E-state index in [4.69, 9.17) is 11.6 Å². The molecule has 0 aromatic heterocycles. The Bertz CT molecular complexity index is 421. The van der Waals surface area contributed by atoms with Crippen molar-refractivity contribution < 1.29 is 0 Å². The first-order chi connectivity index (χ1) is 10.2. The third kappa shape index (κ3) is 4.98. The van der Waals surface area contributed by atoms with Crippen molar-refractivity contribution >= 4 is 11.6 Å². The third-order valence-electron chi connectivity index (χ3n) is 4.57. The lowest BCUT2D eigenvalue weighted by atomic mass is 10.00. The minimum absolute atomic E-state index is 0.368. The highest BCUT2D eigenvalue weighted by atomic mass is 35.5. The summed E-state index contributed by atoms with van der Waals surface area (Å²) in [4.78, 5) is 2.64. The minimum atomic E-state index is 0.368. The van der Waals surface area contributed by atoms with Gasteiger partial charge in [-0.15, -0.1) is 0 Å². The van der Waals surface area contributed by atoms with Crippen LogP contribution >= 0.6 is 11.6 Å². The highest BCUT2D eigenvalue weighted by Crippen LogP contribution is 2.26. The van der Waals surface area contributed by atoms with Crippen LogP contribution in [0, 0.1) is 0 Å². The zero-order chi connectivity index (χ0) is 15.1. The molecule has 118 valence electrons. The van der Waals surface area contributed by atoms with Crippen molar-refractivity contribution in [1.29, 1.82) is 0 Å². The largest absolute Gasteiger partial charge is 0.310 e. The van der Waals surface area contributed by atoms with Crippen molar-refractivity contribution in [1.82, 2.24) is 10.2 Å². The predicted molar refractivity (Wildman–Crippen MR) is 92.0 cm³/mol. The number of hydrogen-bond donors (Lipinski definition) is 1. The number of nitrogens with one attached hydrogen (secondary N) is 1. The summed E-state index contributed by atoms with van der Waals surface area (Å²) in [5.41, 5.74) is 1.25. The van der Waals surface area contributed by atoms with Gasteiger partial charge >= 0.3 is 0 Å². The molecule has 1 N–H and O–H groups in total. The van der Waals surface area contributed by atoms with Gasteiger partial charge in [0.15, 0.2) is 0 Å².